The lowest BCUT2D eigenvalue weighted by molar-refractivity contribution is -0.116. The Kier molecular flexibility index (Phi) is 5.01. The molecule has 1 aromatic carbocycles. The fourth-order valence-corrected chi connectivity index (χ4v) is 2.75. The van der Waals surface area contributed by atoms with E-state index in [1.807, 2.05) is 43.5 Å². The fourth-order valence-electron chi connectivity index (χ4n) is 2.21. The molecule has 0 unspecified atom stereocenters. The summed E-state index contributed by atoms with van der Waals surface area (Å²) in [5, 5.41) is 12.1. The molecule has 3 aromatic rings. The summed E-state index contributed by atoms with van der Waals surface area (Å²) in [5.74, 6) is 0.299. The van der Waals surface area contributed by atoms with E-state index in [0.717, 1.165) is 15.7 Å². The monoisotopic (exact) mass is 407 g/mol. The second-order valence-corrected chi connectivity index (χ2v) is 6.64. The van der Waals surface area contributed by atoms with Crippen LogP contribution in [0, 0.1) is 6.92 Å². The van der Waals surface area contributed by atoms with Gasteiger partial charge >= 0.3 is 0 Å². The normalized spacial score (nSPS) is 10.8. The van der Waals surface area contributed by atoms with Gasteiger partial charge in [0, 0.05) is 17.4 Å². The highest BCUT2D eigenvalue weighted by Gasteiger charge is 2.11. The molecule has 0 aliphatic heterocycles. The number of hydrogen-bond donors (Lipinski definition) is 1. The van der Waals surface area contributed by atoms with Gasteiger partial charge in [-0.1, -0.05) is 23.7 Å². The number of carbonyl (C=O) groups is 1. The zero-order valence-electron chi connectivity index (χ0n) is 12.9. The van der Waals surface area contributed by atoms with Gasteiger partial charge in [0.05, 0.1) is 16.7 Å². The molecule has 0 atom stereocenters. The number of amides is 1. The van der Waals surface area contributed by atoms with Crippen LogP contribution >= 0.6 is 27.5 Å². The summed E-state index contributed by atoms with van der Waals surface area (Å²) >= 11 is 9.30. The number of aryl methyl sites for hydroxylation is 1. The molecule has 0 saturated heterocycles. The molecule has 0 fully saturated rings. The summed E-state index contributed by atoms with van der Waals surface area (Å²) in [4.78, 5) is 12.1. The smallest absolute Gasteiger partial charge is 0.247 e. The number of benzene rings is 1. The molecule has 124 valence electrons. The van der Waals surface area contributed by atoms with Crippen molar-refractivity contribution in [2.24, 2.45) is 0 Å². The van der Waals surface area contributed by atoms with Gasteiger partial charge in [0.25, 0.3) is 0 Å². The van der Waals surface area contributed by atoms with Crippen LogP contribution < -0.4 is 5.32 Å². The Morgan fingerprint density at radius 3 is 2.62 bits per heavy atom. The van der Waals surface area contributed by atoms with Crippen LogP contribution in [0.4, 0.5) is 5.82 Å². The van der Waals surface area contributed by atoms with E-state index < -0.39 is 0 Å². The maximum Gasteiger partial charge on any atom is 0.247 e. The van der Waals surface area contributed by atoms with E-state index in [1.54, 1.807) is 15.6 Å². The fraction of sp³-hybridized carbons (Fsp3) is 0.188. The molecule has 8 heteroatoms. The quantitative estimate of drug-likeness (QED) is 0.703. The van der Waals surface area contributed by atoms with Gasteiger partial charge in [-0.2, -0.15) is 10.2 Å². The van der Waals surface area contributed by atoms with E-state index in [1.165, 1.54) is 0 Å². The molecule has 0 bridgehead atoms. The zero-order chi connectivity index (χ0) is 17.1. The number of carbonyl (C=O) groups excluding carboxylic acids is 1. The first-order chi connectivity index (χ1) is 11.5. The number of nitrogens with zero attached hydrogens (tertiary/aromatic N) is 4. The topological polar surface area (TPSA) is 64.7 Å². The van der Waals surface area contributed by atoms with E-state index >= 15 is 0 Å². The Morgan fingerprint density at radius 1 is 1.21 bits per heavy atom. The van der Waals surface area contributed by atoms with Crippen molar-refractivity contribution >= 4 is 39.3 Å². The molecule has 24 heavy (non-hydrogen) atoms. The predicted molar refractivity (Wildman–Crippen MR) is 96.1 cm³/mol. The Labute approximate surface area is 152 Å². The first kappa shape index (κ1) is 16.7. The first-order valence-electron chi connectivity index (χ1n) is 7.27. The Morgan fingerprint density at radius 2 is 1.96 bits per heavy atom. The summed E-state index contributed by atoms with van der Waals surface area (Å²) in [6, 6.07) is 9.41. The van der Waals surface area contributed by atoms with Crippen LogP contribution in [-0.4, -0.2) is 25.5 Å². The molecule has 1 amide bonds. The Hall–Kier alpha value is -2.12. The molecule has 1 N–H and O–H groups in total. The Bertz CT molecular complexity index is 856. The van der Waals surface area contributed by atoms with Gasteiger partial charge < -0.3 is 5.32 Å². The number of anilines is 1. The summed E-state index contributed by atoms with van der Waals surface area (Å²) < 4.78 is 4.06. The molecule has 0 spiro atoms. The van der Waals surface area contributed by atoms with Crippen molar-refractivity contribution in [1.29, 1.82) is 0 Å². The molecule has 0 aliphatic rings. The SMILES string of the molecule is Cc1ccn(CC(=O)Nc2nn(Cc3ccc(Cl)cc3)cc2Br)n1. The van der Waals surface area contributed by atoms with Gasteiger partial charge in [0.15, 0.2) is 5.82 Å². The Balaban J connectivity index is 1.65. The standard InChI is InChI=1S/C16H15BrClN5O/c1-11-6-7-22(20-11)10-15(24)19-16-14(17)9-23(21-16)8-12-2-4-13(18)5-3-12/h2-7,9H,8,10H2,1H3,(H,19,21,24). The van der Waals surface area contributed by atoms with Gasteiger partial charge in [-0.05, 0) is 46.6 Å². The zero-order valence-corrected chi connectivity index (χ0v) is 15.3. The van der Waals surface area contributed by atoms with Crippen LogP contribution in [0.5, 0.6) is 0 Å². The van der Waals surface area contributed by atoms with Crippen LogP contribution in [0.15, 0.2) is 47.2 Å². The third-order valence-electron chi connectivity index (χ3n) is 3.31. The molecule has 6 nitrogen and oxygen atoms in total. The van der Waals surface area contributed by atoms with Gasteiger partial charge in [-0.15, -0.1) is 0 Å². The van der Waals surface area contributed by atoms with Crippen molar-refractivity contribution in [2.75, 3.05) is 5.32 Å². The maximum atomic E-state index is 12.1. The largest absolute Gasteiger partial charge is 0.307 e. The minimum atomic E-state index is -0.185. The van der Waals surface area contributed by atoms with Crippen LogP contribution in [0.2, 0.25) is 5.02 Å². The van der Waals surface area contributed by atoms with Gasteiger partial charge in [0.1, 0.15) is 6.54 Å². The molecule has 3 rings (SSSR count). The lowest BCUT2D eigenvalue weighted by atomic mass is 10.2. The van der Waals surface area contributed by atoms with E-state index in [9.17, 15) is 4.79 Å². The highest BCUT2D eigenvalue weighted by Crippen LogP contribution is 2.21. The second kappa shape index (κ2) is 7.19. The average molecular weight is 409 g/mol. The predicted octanol–water partition coefficient (Wildman–Crippen LogP) is 3.49. The first-order valence-corrected chi connectivity index (χ1v) is 8.44. The van der Waals surface area contributed by atoms with Crippen molar-refractivity contribution in [1.82, 2.24) is 19.6 Å². The van der Waals surface area contributed by atoms with E-state index in [2.05, 4.69) is 31.4 Å². The third-order valence-corrected chi connectivity index (χ3v) is 4.14. The van der Waals surface area contributed by atoms with Crippen LogP contribution in [0.1, 0.15) is 11.3 Å². The highest BCUT2D eigenvalue weighted by atomic mass is 79.9. The van der Waals surface area contributed by atoms with Crippen LogP contribution in [-0.2, 0) is 17.9 Å². The number of rotatable bonds is 5. The van der Waals surface area contributed by atoms with Crippen molar-refractivity contribution in [3.63, 3.8) is 0 Å². The van der Waals surface area contributed by atoms with Crippen molar-refractivity contribution in [2.45, 2.75) is 20.0 Å². The second-order valence-electron chi connectivity index (χ2n) is 5.35. The number of nitrogens with one attached hydrogen (secondary N) is 1. The highest BCUT2D eigenvalue weighted by molar-refractivity contribution is 9.10. The summed E-state index contributed by atoms with van der Waals surface area (Å²) in [5.41, 5.74) is 1.94. The molecule has 0 saturated carbocycles. The van der Waals surface area contributed by atoms with Gasteiger partial charge in [0.2, 0.25) is 5.91 Å². The molecular formula is C16H15BrClN5O. The lowest BCUT2D eigenvalue weighted by Gasteiger charge is -2.04. The van der Waals surface area contributed by atoms with Gasteiger partial charge in [-0.3, -0.25) is 14.2 Å². The third kappa shape index (κ3) is 4.24. The van der Waals surface area contributed by atoms with Crippen molar-refractivity contribution in [3.8, 4) is 0 Å². The number of hydrogen-bond acceptors (Lipinski definition) is 3. The van der Waals surface area contributed by atoms with E-state index in [-0.39, 0.29) is 12.5 Å². The summed E-state index contributed by atoms with van der Waals surface area (Å²) in [6.45, 7) is 2.61. The van der Waals surface area contributed by atoms with E-state index in [4.69, 9.17) is 11.6 Å². The molecule has 2 aromatic heterocycles. The van der Waals surface area contributed by atoms with Crippen molar-refractivity contribution in [3.05, 3.63) is 63.5 Å². The lowest BCUT2D eigenvalue weighted by Crippen LogP contribution is -2.19. The molecule has 0 aliphatic carbocycles. The molecule has 0 radical (unpaired) electrons. The van der Waals surface area contributed by atoms with Crippen molar-refractivity contribution < 1.29 is 4.79 Å². The van der Waals surface area contributed by atoms with Crippen LogP contribution in [0.25, 0.3) is 0 Å². The van der Waals surface area contributed by atoms with Gasteiger partial charge in [-0.25, -0.2) is 0 Å². The maximum absolute atomic E-state index is 12.1. The minimum Gasteiger partial charge on any atom is -0.307 e. The summed E-state index contributed by atoms with van der Waals surface area (Å²) in [7, 11) is 0. The average Bonchev–Trinajstić information content (AvgIpc) is 3.08. The minimum absolute atomic E-state index is 0.143. The number of aromatic nitrogens is 4. The molecular weight excluding hydrogens is 394 g/mol. The van der Waals surface area contributed by atoms with Crippen LogP contribution in [0.3, 0.4) is 0 Å². The number of halogens is 2. The molecule has 2 heterocycles. The van der Waals surface area contributed by atoms with E-state index in [0.29, 0.717) is 17.4 Å². The summed E-state index contributed by atoms with van der Waals surface area (Å²) in [6.07, 6.45) is 3.59.